The van der Waals surface area contributed by atoms with Crippen molar-refractivity contribution in [1.82, 2.24) is 14.7 Å². The summed E-state index contributed by atoms with van der Waals surface area (Å²) in [4.78, 5) is 33.4. The molecule has 10 nitrogen and oxygen atoms in total. The molecule has 2 fully saturated rings. The first-order chi connectivity index (χ1) is 17.1. The molecule has 5 rings (SSSR count). The van der Waals surface area contributed by atoms with Crippen molar-refractivity contribution >= 4 is 17.6 Å². The molecule has 186 valence electrons. The number of anilines is 1. The second-order valence-electron chi connectivity index (χ2n) is 8.73. The van der Waals surface area contributed by atoms with Gasteiger partial charge in [0.15, 0.2) is 11.5 Å². The van der Waals surface area contributed by atoms with Gasteiger partial charge in [-0.15, -0.1) is 0 Å². The molecule has 2 aromatic carbocycles. The number of benzene rings is 2. The maximum absolute atomic E-state index is 13.0. The predicted octanol–water partition coefficient (Wildman–Crippen LogP) is 2.02. The Hall–Kier alpha value is -3.66. The molecule has 0 saturated carbocycles. The van der Waals surface area contributed by atoms with Gasteiger partial charge < -0.3 is 28.7 Å². The topological polar surface area (TPSA) is 84.0 Å². The Balaban J connectivity index is 1.13. The van der Waals surface area contributed by atoms with Gasteiger partial charge in [-0.3, -0.25) is 14.6 Å². The largest absolute Gasteiger partial charge is 0.497 e. The molecule has 0 atom stereocenters. The fraction of sp³-hybridized carbons (Fsp3) is 0.440. The van der Waals surface area contributed by atoms with E-state index in [0.717, 1.165) is 42.4 Å². The molecule has 10 heteroatoms. The molecule has 0 spiro atoms. The summed E-state index contributed by atoms with van der Waals surface area (Å²) in [6.45, 7) is 4.79. The normalized spacial score (nSPS) is 17.8. The van der Waals surface area contributed by atoms with Gasteiger partial charge in [0.05, 0.1) is 14.2 Å². The standard InChI is InChI=1S/C25H30N4O6/c1-32-20-4-6-21(33-2)18(13-20)15-26-7-9-27(10-8-26)24(30)16-28-11-12-29(25(28)31)19-3-5-22-23(14-19)35-17-34-22/h3-6,13-14H,7-12,15-17H2,1-2H3. The maximum Gasteiger partial charge on any atom is 0.325 e. The highest BCUT2D eigenvalue weighted by atomic mass is 16.7. The minimum absolute atomic E-state index is 0.0236. The Bertz CT molecular complexity index is 1100. The van der Waals surface area contributed by atoms with Gasteiger partial charge in [0, 0.05) is 63.1 Å². The first-order valence-electron chi connectivity index (χ1n) is 11.7. The molecular formula is C25H30N4O6. The van der Waals surface area contributed by atoms with Gasteiger partial charge in [-0.25, -0.2) is 4.79 Å². The molecule has 0 bridgehead atoms. The zero-order valence-corrected chi connectivity index (χ0v) is 20.1. The van der Waals surface area contributed by atoms with Crippen molar-refractivity contribution in [1.29, 1.82) is 0 Å². The summed E-state index contributed by atoms with van der Waals surface area (Å²) >= 11 is 0. The van der Waals surface area contributed by atoms with Crippen LogP contribution in [0.1, 0.15) is 5.56 Å². The minimum atomic E-state index is -0.166. The van der Waals surface area contributed by atoms with E-state index in [1.165, 1.54) is 0 Å². The highest BCUT2D eigenvalue weighted by Gasteiger charge is 2.33. The van der Waals surface area contributed by atoms with Gasteiger partial charge in [0.1, 0.15) is 18.0 Å². The Morgan fingerprint density at radius 3 is 2.49 bits per heavy atom. The molecule has 3 amide bonds. The van der Waals surface area contributed by atoms with E-state index in [2.05, 4.69) is 4.90 Å². The molecule has 0 N–H and O–H groups in total. The maximum atomic E-state index is 13.0. The van der Waals surface area contributed by atoms with Crippen LogP contribution in [0.15, 0.2) is 36.4 Å². The number of piperazine rings is 1. The van der Waals surface area contributed by atoms with Gasteiger partial charge in [0.2, 0.25) is 12.7 Å². The van der Waals surface area contributed by atoms with Crippen LogP contribution >= 0.6 is 0 Å². The average molecular weight is 483 g/mol. The third-order valence-corrected chi connectivity index (χ3v) is 6.70. The quantitative estimate of drug-likeness (QED) is 0.597. The number of urea groups is 1. The summed E-state index contributed by atoms with van der Waals surface area (Å²) < 4.78 is 21.6. The molecule has 2 saturated heterocycles. The van der Waals surface area contributed by atoms with E-state index in [9.17, 15) is 9.59 Å². The fourth-order valence-electron chi connectivity index (χ4n) is 4.69. The molecule has 0 unspecified atom stereocenters. The van der Waals surface area contributed by atoms with Crippen molar-refractivity contribution in [3.8, 4) is 23.0 Å². The number of amides is 3. The van der Waals surface area contributed by atoms with Crippen LogP contribution in [0.25, 0.3) is 0 Å². The van der Waals surface area contributed by atoms with Crippen LogP contribution in [0, 0.1) is 0 Å². The molecule has 3 heterocycles. The van der Waals surface area contributed by atoms with Crippen LogP contribution in [0.3, 0.4) is 0 Å². The summed E-state index contributed by atoms with van der Waals surface area (Å²) in [6, 6.07) is 11.1. The SMILES string of the molecule is COc1ccc(OC)c(CN2CCN(C(=O)CN3CCN(c4ccc5c(c4)OCO5)C3=O)CC2)c1. The van der Waals surface area contributed by atoms with Crippen LogP contribution in [0.5, 0.6) is 23.0 Å². The summed E-state index contributed by atoms with van der Waals surface area (Å²) in [5.74, 6) is 2.90. The summed E-state index contributed by atoms with van der Waals surface area (Å²) in [7, 11) is 3.31. The molecule has 0 aromatic heterocycles. The first-order valence-corrected chi connectivity index (χ1v) is 11.7. The van der Waals surface area contributed by atoms with Gasteiger partial charge >= 0.3 is 6.03 Å². The zero-order valence-electron chi connectivity index (χ0n) is 20.1. The van der Waals surface area contributed by atoms with Gasteiger partial charge in [0.25, 0.3) is 0 Å². The number of carbonyl (C=O) groups excluding carboxylic acids is 2. The number of ether oxygens (including phenoxy) is 4. The lowest BCUT2D eigenvalue weighted by Gasteiger charge is -2.35. The molecule has 3 aliphatic heterocycles. The van der Waals surface area contributed by atoms with Crippen LogP contribution in [-0.2, 0) is 11.3 Å². The number of fused-ring (bicyclic) bond motifs is 1. The number of hydrogen-bond acceptors (Lipinski definition) is 7. The van der Waals surface area contributed by atoms with Crippen molar-refractivity contribution in [2.45, 2.75) is 6.54 Å². The van der Waals surface area contributed by atoms with Crippen molar-refractivity contribution < 1.29 is 28.5 Å². The molecule has 0 radical (unpaired) electrons. The van der Waals surface area contributed by atoms with E-state index < -0.39 is 0 Å². The number of carbonyl (C=O) groups is 2. The van der Waals surface area contributed by atoms with E-state index in [1.807, 2.05) is 35.2 Å². The highest BCUT2D eigenvalue weighted by Crippen LogP contribution is 2.36. The number of rotatable bonds is 7. The van der Waals surface area contributed by atoms with Crippen LogP contribution in [0.2, 0.25) is 0 Å². The van der Waals surface area contributed by atoms with Gasteiger partial charge in [-0.1, -0.05) is 0 Å². The van der Waals surface area contributed by atoms with E-state index in [-0.39, 0.29) is 25.3 Å². The number of nitrogens with zero attached hydrogens (tertiary/aromatic N) is 4. The van der Waals surface area contributed by atoms with Crippen molar-refractivity contribution in [3.05, 3.63) is 42.0 Å². The molecule has 0 aliphatic carbocycles. The average Bonchev–Trinajstić information content (AvgIpc) is 3.50. The summed E-state index contributed by atoms with van der Waals surface area (Å²) in [6.07, 6.45) is 0. The van der Waals surface area contributed by atoms with Crippen molar-refractivity contribution in [3.63, 3.8) is 0 Å². The lowest BCUT2D eigenvalue weighted by Crippen LogP contribution is -2.51. The molecule has 2 aromatic rings. The Morgan fingerprint density at radius 1 is 0.914 bits per heavy atom. The number of hydrogen-bond donors (Lipinski definition) is 0. The lowest BCUT2D eigenvalue weighted by molar-refractivity contribution is -0.133. The zero-order chi connectivity index (χ0) is 24.4. The second kappa shape index (κ2) is 9.91. The van der Waals surface area contributed by atoms with E-state index in [0.29, 0.717) is 37.7 Å². The Morgan fingerprint density at radius 2 is 1.71 bits per heavy atom. The lowest BCUT2D eigenvalue weighted by atomic mass is 10.1. The van der Waals surface area contributed by atoms with Crippen LogP contribution in [0.4, 0.5) is 10.5 Å². The minimum Gasteiger partial charge on any atom is -0.497 e. The highest BCUT2D eigenvalue weighted by molar-refractivity contribution is 5.96. The van der Waals surface area contributed by atoms with Gasteiger partial charge in [-0.2, -0.15) is 0 Å². The van der Waals surface area contributed by atoms with Crippen LogP contribution < -0.4 is 23.8 Å². The summed E-state index contributed by atoms with van der Waals surface area (Å²) in [5.41, 5.74) is 1.80. The third kappa shape index (κ3) is 4.79. The molecule has 35 heavy (non-hydrogen) atoms. The summed E-state index contributed by atoms with van der Waals surface area (Å²) in [5, 5.41) is 0. The van der Waals surface area contributed by atoms with E-state index in [4.69, 9.17) is 18.9 Å². The monoisotopic (exact) mass is 482 g/mol. The number of methoxy groups -OCH3 is 2. The van der Waals surface area contributed by atoms with E-state index >= 15 is 0 Å². The Labute approximate surface area is 204 Å². The molecule has 3 aliphatic rings. The molecular weight excluding hydrogens is 452 g/mol. The second-order valence-corrected chi connectivity index (χ2v) is 8.73. The van der Waals surface area contributed by atoms with Gasteiger partial charge in [-0.05, 0) is 30.3 Å². The van der Waals surface area contributed by atoms with Crippen molar-refractivity contribution in [2.24, 2.45) is 0 Å². The smallest absolute Gasteiger partial charge is 0.325 e. The third-order valence-electron chi connectivity index (χ3n) is 6.70. The van der Waals surface area contributed by atoms with Crippen LogP contribution in [-0.4, -0.2) is 93.5 Å². The van der Waals surface area contributed by atoms with Crippen molar-refractivity contribution in [2.75, 3.05) is 71.7 Å². The first kappa shape index (κ1) is 23.1. The predicted molar refractivity (Wildman–Crippen MR) is 128 cm³/mol. The fourth-order valence-corrected chi connectivity index (χ4v) is 4.69. The van der Waals surface area contributed by atoms with E-state index in [1.54, 1.807) is 30.1 Å². The Kier molecular flexibility index (Phi) is 6.54.